The Morgan fingerprint density at radius 1 is 0.478 bits per heavy atom. The third-order valence-electron chi connectivity index (χ3n) is 3.63. The van der Waals surface area contributed by atoms with Crippen molar-refractivity contribution < 1.29 is 0 Å². The molecule has 0 unspecified atom stereocenters. The average molecular weight is 363 g/mol. The van der Waals surface area contributed by atoms with Gasteiger partial charge in [0, 0.05) is 0 Å². The summed E-state index contributed by atoms with van der Waals surface area (Å²) >= 11 is 0. The van der Waals surface area contributed by atoms with Gasteiger partial charge in [0.25, 0.3) is 0 Å². The summed E-state index contributed by atoms with van der Waals surface area (Å²) in [5.74, 6) is 0. The van der Waals surface area contributed by atoms with E-state index in [2.05, 4.69) is 83.1 Å². The van der Waals surface area contributed by atoms with Crippen LogP contribution in [0.25, 0.3) is 0 Å². The summed E-state index contributed by atoms with van der Waals surface area (Å²) in [6, 6.07) is 0. The Morgan fingerprint density at radius 2 is 0.696 bits per heavy atom. The van der Waals surface area contributed by atoms with Crippen molar-refractivity contribution in [3.05, 3.63) is 0 Å². The molecule has 0 aromatic carbocycles. The van der Waals surface area contributed by atoms with Crippen LogP contribution < -0.4 is 0 Å². The molecule has 0 nitrogen and oxygen atoms in total. The van der Waals surface area contributed by atoms with Crippen molar-refractivity contribution in [2.75, 3.05) is 18.5 Å². The van der Waals surface area contributed by atoms with Crippen LogP contribution in [0.15, 0.2) is 0 Å². The van der Waals surface area contributed by atoms with Gasteiger partial charge in [0.2, 0.25) is 0 Å². The van der Waals surface area contributed by atoms with Crippen molar-refractivity contribution in [3.8, 4) is 0 Å². The molecule has 0 aliphatic heterocycles. The van der Waals surface area contributed by atoms with E-state index in [0.717, 1.165) is 0 Å². The molecule has 0 bridgehead atoms. The van der Waals surface area contributed by atoms with Crippen molar-refractivity contribution in [2.24, 2.45) is 0 Å². The maximum Gasteiger partial charge on any atom is -0.0170 e. The van der Waals surface area contributed by atoms with E-state index in [4.69, 9.17) is 0 Å². The third kappa shape index (κ3) is 12.8. The van der Waals surface area contributed by atoms with Gasteiger partial charge in [-0.25, -0.2) is 0 Å². The molecule has 142 valence electrons. The van der Waals surface area contributed by atoms with E-state index in [1.54, 1.807) is 0 Å². The predicted octanol–water partition coefficient (Wildman–Crippen LogP) is 8.56. The van der Waals surface area contributed by atoms with Gasteiger partial charge in [-0.15, -0.1) is 7.92 Å². The van der Waals surface area contributed by atoms with Gasteiger partial charge in [-0.2, -0.15) is 0 Å². The number of rotatable bonds is 6. The van der Waals surface area contributed by atoms with E-state index >= 15 is 0 Å². The van der Waals surface area contributed by atoms with Crippen LogP contribution in [0.2, 0.25) is 0 Å². The summed E-state index contributed by atoms with van der Waals surface area (Å²) < 4.78 is 0. The molecule has 23 heavy (non-hydrogen) atoms. The molecule has 0 saturated carbocycles. The summed E-state index contributed by atoms with van der Waals surface area (Å²) in [4.78, 5) is 0. The summed E-state index contributed by atoms with van der Waals surface area (Å²) in [7, 11) is 0.455. The summed E-state index contributed by atoms with van der Waals surface area (Å²) in [6.07, 6.45) is 8.72. The van der Waals surface area contributed by atoms with Crippen molar-refractivity contribution >= 4 is 15.8 Å². The van der Waals surface area contributed by atoms with Gasteiger partial charge in [-0.05, 0) is 34.0 Å². The first kappa shape index (κ1) is 26.1. The molecule has 0 aliphatic carbocycles. The molecule has 0 aromatic heterocycles. The van der Waals surface area contributed by atoms with E-state index in [-0.39, 0.29) is 7.92 Å². The van der Waals surface area contributed by atoms with Gasteiger partial charge in [0.15, 0.2) is 0 Å². The Bertz CT molecular complexity index is 228. The van der Waals surface area contributed by atoms with Crippen LogP contribution >= 0.6 is 15.8 Å². The monoisotopic (exact) mass is 362 g/mol. The van der Waals surface area contributed by atoms with Gasteiger partial charge in [-0.1, -0.05) is 110 Å². The molecule has 0 amide bonds. The molecule has 0 rings (SSSR count). The zero-order valence-corrected chi connectivity index (χ0v) is 20.4. The Morgan fingerprint density at radius 3 is 0.783 bits per heavy atom. The predicted molar refractivity (Wildman–Crippen MR) is 119 cm³/mol. The molecule has 0 aromatic rings. The quantitative estimate of drug-likeness (QED) is 0.415. The van der Waals surface area contributed by atoms with E-state index in [9.17, 15) is 0 Å². The van der Waals surface area contributed by atoms with Gasteiger partial charge in [0.1, 0.15) is 0 Å². The van der Waals surface area contributed by atoms with Crippen LogP contribution in [-0.2, 0) is 0 Å². The maximum absolute atomic E-state index is 2.38. The van der Waals surface area contributed by atoms with Gasteiger partial charge >= 0.3 is 0 Å². The van der Waals surface area contributed by atoms with Crippen molar-refractivity contribution in [1.29, 1.82) is 0 Å². The lowest BCUT2D eigenvalue weighted by atomic mass is 10.2. The summed E-state index contributed by atoms with van der Waals surface area (Å²) in [6.45, 7) is 28.4. The van der Waals surface area contributed by atoms with Crippen LogP contribution in [0, 0.1) is 0 Å². The highest BCUT2D eigenvalue weighted by atomic mass is 31.1. The van der Waals surface area contributed by atoms with Gasteiger partial charge < -0.3 is 0 Å². The maximum atomic E-state index is 2.38. The van der Waals surface area contributed by atoms with Crippen molar-refractivity contribution in [1.82, 2.24) is 0 Å². The lowest BCUT2D eigenvalue weighted by molar-refractivity contribution is 0.644. The molecule has 0 heterocycles. The molecule has 0 atom stereocenters. The lowest BCUT2D eigenvalue weighted by Gasteiger charge is -2.49. The second-order valence-corrected chi connectivity index (χ2v) is 17.1. The Labute approximate surface area is 152 Å². The van der Waals surface area contributed by atoms with Crippen molar-refractivity contribution in [2.45, 2.75) is 118 Å². The summed E-state index contributed by atoms with van der Waals surface area (Å²) in [5, 5.41) is 1.35. The first-order valence-corrected chi connectivity index (χ1v) is 13.0. The van der Waals surface area contributed by atoms with Gasteiger partial charge in [0.05, 0.1) is 0 Å². The highest BCUT2D eigenvalue weighted by Crippen LogP contribution is 2.66. The molecule has 0 aliphatic rings. The van der Waals surface area contributed by atoms with Crippen LogP contribution in [0.1, 0.15) is 102 Å². The third-order valence-corrected chi connectivity index (χ3v) is 10.9. The molecule has 0 radical (unpaired) electrons. The second kappa shape index (κ2) is 11.5. The molecule has 0 spiro atoms. The molecular formula is C21H48P2. The standard InChI is InChI=1S/C12H27P.C9H21P/c1-10(2,3)13(11(4,5)6)12(7,8)9;1-4-7-10(8-5-2)9-6-3/h1-9H3;4-9H2,1-3H3. The molecule has 2 heteroatoms. The molecule has 0 fully saturated rings. The largest absolute Gasteiger partial charge is 0.107 e. The minimum atomic E-state index is 0.0162. The van der Waals surface area contributed by atoms with Crippen LogP contribution in [0.4, 0.5) is 0 Å². The SMILES string of the molecule is CC(C)(C)P(C(C)(C)C)C(C)(C)C.CCCP(CCC)CCC. The first-order valence-electron chi connectivity index (χ1n) is 9.74. The highest BCUT2D eigenvalue weighted by molar-refractivity contribution is 7.62. The highest BCUT2D eigenvalue weighted by Gasteiger charge is 2.41. The van der Waals surface area contributed by atoms with E-state index in [1.807, 2.05) is 0 Å². The molecular weight excluding hydrogens is 314 g/mol. The number of hydrogen-bond acceptors (Lipinski definition) is 0. The second-order valence-electron chi connectivity index (χ2n) is 9.69. The Balaban J connectivity index is 0. The molecule has 0 saturated heterocycles. The topological polar surface area (TPSA) is 0 Å². The smallest absolute Gasteiger partial charge is 0.0170 e. The fourth-order valence-electron chi connectivity index (χ4n) is 4.30. The lowest BCUT2D eigenvalue weighted by Crippen LogP contribution is -2.34. The van der Waals surface area contributed by atoms with Crippen LogP contribution in [0.5, 0.6) is 0 Å². The zero-order valence-electron chi connectivity index (χ0n) is 18.6. The molecule has 0 N–H and O–H groups in total. The number of hydrogen-bond donors (Lipinski definition) is 0. The van der Waals surface area contributed by atoms with E-state index in [1.165, 1.54) is 37.7 Å². The van der Waals surface area contributed by atoms with Gasteiger partial charge in [-0.3, -0.25) is 0 Å². The average Bonchev–Trinajstić information content (AvgIpc) is 2.24. The normalized spacial score (nSPS) is 13.3. The fourth-order valence-corrected chi connectivity index (χ4v) is 12.9. The van der Waals surface area contributed by atoms with E-state index in [0.29, 0.717) is 23.4 Å². The van der Waals surface area contributed by atoms with Crippen LogP contribution in [-0.4, -0.2) is 34.0 Å². The minimum Gasteiger partial charge on any atom is -0.107 e. The van der Waals surface area contributed by atoms with E-state index < -0.39 is 0 Å². The fraction of sp³-hybridized carbons (Fsp3) is 1.00. The zero-order chi connectivity index (χ0) is 18.9. The summed E-state index contributed by atoms with van der Waals surface area (Å²) in [5.41, 5.74) is 0. The van der Waals surface area contributed by atoms with Crippen molar-refractivity contribution in [3.63, 3.8) is 0 Å². The van der Waals surface area contributed by atoms with Crippen LogP contribution in [0.3, 0.4) is 0 Å². The first-order chi connectivity index (χ1) is 10.2. The minimum absolute atomic E-state index is 0.0162. The Hall–Kier alpha value is 0.860. The Kier molecular flexibility index (Phi) is 13.0.